The third-order valence-electron chi connectivity index (χ3n) is 4.36. The Kier molecular flexibility index (Phi) is 7.71. The van der Waals surface area contributed by atoms with Gasteiger partial charge in [-0.3, -0.25) is 4.79 Å². The number of halogens is 1. The van der Waals surface area contributed by atoms with Crippen LogP contribution in [0.3, 0.4) is 0 Å². The SMILES string of the molecule is CSc1cccc(NC(=O)[C@@H](Cc2ccccc2)NS(=O)(=O)c2ccc(Br)cc2)c1. The van der Waals surface area contributed by atoms with Crippen molar-refractivity contribution >= 4 is 49.3 Å². The van der Waals surface area contributed by atoms with Crippen LogP contribution < -0.4 is 10.0 Å². The van der Waals surface area contributed by atoms with E-state index in [9.17, 15) is 13.2 Å². The van der Waals surface area contributed by atoms with Crippen LogP contribution in [-0.4, -0.2) is 26.6 Å². The van der Waals surface area contributed by atoms with E-state index >= 15 is 0 Å². The Labute approximate surface area is 189 Å². The number of nitrogens with one attached hydrogen (secondary N) is 2. The molecule has 0 heterocycles. The second-order valence-electron chi connectivity index (χ2n) is 6.54. The highest BCUT2D eigenvalue weighted by atomic mass is 79.9. The van der Waals surface area contributed by atoms with Crippen molar-refractivity contribution in [3.63, 3.8) is 0 Å². The van der Waals surface area contributed by atoms with Crippen molar-refractivity contribution < 1.29 is 13.2 Å². The molecule has 1 atom stereocenters. The lowest BCUT2D eigenvalue weighted by Crippen LogP contribution is -2.45. The van der Waals surface area contributed by atoms with Gasteiger partial charge in [0, 0.05) is 15.1 Å². The first-order valence-corrected chi connectivity index (χ1v) is 12.6. The summed E-state index contributed by atoms with van der Waals surface area (Å²) in [6.45, 7) is 0. The fraction of sp³-hybridized carbons (Fsp3) is 0.136. The van der Waals surface area contributed by atoms with E-state index in [4.69, 9.17) is 0 Å². The maximum absolute atomic E-state index is 13.0. The second kappa shape index (κ2) is 10.3. The second-order valence-corrected chi connectivity index (χ2v) is 10.0. The Morgan fingerprint density at radius 3 is 2.37 bits per heavy atom. The molecule has 0 saturated heterocycles. The van der Waals surface area contributed by atoms with E-state index in [0.29, 0.717) is 5.69 Å². The summed E-state index contributed by atoms with van der Waals surface area (Å²) in [5.41, 5.74) is 1.47. The Morgan fingerprint density at radius 2 is 1.70 bits per heavy atom. The molecule has 0 aliphatic heterocycles. The topological polar surface area (TPSA) is 75.3 Å². The van der Waals surface area contributed by atoms with Gasteiger partial charge >= 0.3 is 0 Å². The monoisotopic (exact) mass is 504 g/mol. The van der Waals surface area contributed by atoms with Crippen molar-refractivity contribution in [2.75, 3.05) is 11.6 Å². The number of sulfonamides is 1. The van der Waals surface area contributed by atoms with E-state index in [1.807, 2.05) is 54.8 Å². The van der Waals surface area contributed by atoms with E-state index in [0.717, 1.165) is 14.9 Å². The molecule has 0 fully saturated rings. The number of carbonyl (C=O) groups is 1. The predicted molar refractivity (Wildman–Crippen MR) is 125 cm³/mol. The van der Waals surface area contributed by atoms with Crippen LogP contribution in [0.2, 0.25) is 0 Å². The van der Waals surface area contributed by atoms with Crippen molar-refractivity contribution in [2.45, 2.75) is 22.3 Å². The highest BCUT2D eigenvalue weighted by Gasteiger charge is 2.26. The minimum absolute atomic E-state index is 0.0981. The van der Waals surface area contributed by atoms with Crippen LogP contribution >= 0.6 is 27.7 Å². The molecule has 2 N–H and O–H groups in total. The first-order chi connectivity index (χ1) is 14.4. The molecule has 0 bridgehead atoms. The van der Waals surface area contributed by atoms with Gasteiger partial charge in [-0.2, -0.15) is 4.72 Å². The van der Waals surface area contributed by atoms with Crippen LogP contribution in [0.5, 0.6) is 0 Å². The Morgan fingerprint density at radius 1 is 1.00 bits per heavy atom. The molecule has 0 aliphatic rings. The summed E-state index contributed by atoms with van der Waals surface area (Å²) in [6.07, 6.45) is 2.18. The molecule has 0 saturated carbocycles. The maximum Gasteiger partial charge on any atom is 0.242 e. The summed E-state index contributed by atoms with van der Waals surface area (Å²) in [5, 5.41) is 2.83. The molecule has 0 aliphatic carbocycles. The molecule has 3 aromatic rings. The Hall–Kier alpha value is -2.13. The van der Waals surface area contributed by atoms with E-state index in [2.05, 4.69) is 26.0 Å². The van der Waals surface area contributed by atoms with Crippen LogP contribution in [0.1, 0.15) is 5.56 Å². The van der Waals surface area contributed by atoms with Crippen molar-refractivity contribution in [1.29, 1.82) is 0 Å². The fourth-order valence-corrected chi connectivity index (χ4v) is 4.76. The lowest BCUT2D eigenvalue weighted by Gasteiger charge is -2.19. The molecular weight excluding hydrogens is 484 g/mol. The Bertz CT molecular complexity index is 1100. The molecule has 156 valence electrons. The van der Waals surface area contributed by atoms with E-state index in [1.165, 1.54) is 12.1 Å². The van der Waals surface area contributed by atoms with Gasteiger partial charge in [0.25, 0.3) is 0 Å². The third-order valence-corrected chi connectivity index (χ3v) is 7.10. The van der Waals surface area contributed by atoms with Gasteiger partial charge < -0.3 is 5.32 Å². The number of amides is 1. The van der Waals surface area contributed by atoms with Crippen LogP contribution in [0.4, 0.5) is 5.69 Å². The molecular formula is C22H21BrN2O3S2. The van der Waals surface area contributed by atoms with Crippen molar-refractivity contribution in [3.8, 4) is 0 Å². The molecule has 1 amide bonds. The number of anilines is 1. The van der Waals surface area contributed by atoms with Crippen LogP contribution in [-0.2, 0) is 21.2 Å². The average molecular weight is 505 g/mol. The molecule has 8 heteroatoms. The first-order valence-electron chi connectivity index (χ1n) is 9.14. The minimum Gasteiger partial charge on any atom is -0.325 e. The summed E-state index contributed by atoms with van der Waals surface area (Å²) in [6, 6.07) is 22.0. The number of benzene rings is 3. The lowest BCUT2D eigenvalue weighted by molar-refractivity contribution is -0.117. The number of hydrogen-bond acceptors (Lipinski definition) is 4. The molecule has 3 rings (SSSR count). The zero-order valence-corrected chi connectivity index (χ0v) is 19.4. The zero-order chi connectivity index (χ0) is 21.6. The molecule has 3 aromatic carbocycles. The third kappa shape index (κ3) is 6.18. The average Bonchev–Trinajstić information content (AvgIpc) is 2.74. The summed E-state index contributed by atoms with van der Waals surface area (Å²) >= 11 is 4.86. The van der Waals surface area contributed by atoms with Crippen LogP contribution in [0.15, 0.2) is 93.1 Å². The van der Waals surface area contributed by atoms with Crippen molar-refractivity contribution in [2.24, 2.45) is 0 Å². The molecule has 0 unspecified atom stereocenters. The van der Waals surface area contributed by atoms with Crippen LogP contribution in [0, 0.1) is 0 Å². The minimum atomic E-state index is -3.88. The van der Waals surface area contributed by atoms with Crippen LogP contribution in [0.25, 0.3) is 0 Å². The molecule has 0 aromatic heterocycles. The summed E-state index contributed by atoms with van der Waals surface area (Å²) in [5.74, 6) is -0.419. The van der Waals surface area contributed by atoms with Gasteiger partial charge in [0.15, 0.2) is 0 Å². The van der Waals surface area contributed by atoms with E-state index in [1.54, 1.807) is 30.0 Å². The Balaban J connectivity index is 1.85. The van der Waals surface area contributed by atoms with Gasteiger partial charge in [-0.15, -0.1) is 11.8 Å². The largest absolute Gasteiger partial charge is 0.325 e. The van der Waals surface area contributed by atoms with Gasteiger partial charge in [0.05, 0.1) is 4.90 Å². The van der Waals surface area contributed by atoms with E-state index < -0.39 is 22.0 Å². The predicted octanol–water partition coefficient (Wildman–Crippen LogP) is 4.70. The number of hydrogen-bond donors (Lipinski definition) is 2. The molecule has 0 radical (unpaired) electrons. The van der Waals surface area contributed by atoms with E-state index in [-0.39, 0.29) is 11.3 Å². The normalized spacial score (nSPS) is 12.3. The lowest BCUT2D eigenvalue weighted by atomic mass is 10.1. The highest BCUT2D eigenvalue weighted by molar-refractivity contribution is 9.10. The quantitative estimate of drug-likeness (QED) is 0.436. The summed E-state index contributed by atoms with van der Waals surface area (Å²) in [7, 11) is -3.88. The molecule has 0 spiro atoms. The zero-order valence-electron chi connectivity index (χ0n) is 16.2. The summed E-state index contributed by atoms with van der Waals surface area (Å²) in [4.78, 5) is 14.1. The fourth-order valence-electron chi connectivity index (χ4n) is 2.84. The van der Waals surface area contributed by atoms with Crippen molar-refractivity contribution in [1.82, 2.24) is 4.72 Å². The van der Waals surface area contributed by atoms with Gasteiger partial charge in [-0.1, -0.05) is 52.3 Å². The molecule has 30 heavy (non-hydrogen) atoms. The number of thioether (sulfide) groups is 1. The molecule has 5 nitrogen and oxygen atoms in total. The van der Waals surface area contributed by atoms with Crippen molar-refractivity contribution in [3.05, 3.63) is 88.9 Å². The number of rotatable bonds is 8. The first kappa shape index (κ1) is 22.6. The highest BCUT2D eigenvalue weighted by Crippen LogP contribution is 2.20. The van der Waals surface area contributed by atoms with Gasteiger partial charge in [0.2, 0.25) is 15.9 Å². The standard InChI is InChI=1S/C22H21BrN2O3S2/c1-29-19-9-5-8-18(15-19)24-22(26)21(14-16-6-3-2-4-7-16)25-30(27,28)20-12-10-17(23)11-13-20/h2-13,15,21,25H,14H2,1H3,(H,24,26)/t21-/m1/s1. The summed E-state index contributed by atoms with van der Waals surface area (Å²) < 4.78 is 29.1. The smallest absolute Gasteiger partial charge is 0.242 e. The van der Waals surface area contributed by atoms with Gasteiger partial charge in [-0.25, -0.2) is 8.42 Å². The number of carbonyl (C=O) groups excluding carboxylic acids is 1. The maximum atomic E-state index is 13.0. The van der Waals surface area contributed by atoms with Gasteiger partial charge in [-0.05, 0) is 60.7 Å². The van der Waals surface area contributed by atoms with Gasteiger partial charge in [0.1, 0.15) is 6.04 Å².